The summed E-state index contributed by atoms with van der Waals surface area (Å²) in [7, 11) is 0. The van der Waals surface area contributed by atoms with Crippen LogP contribution in [0.1, 0.15) is 37.8 Å². The summed E-state index contributed by atoms with van der Waals surface area (Å²) in [5.74, 6) is 1.31. The van der Waals surface area contributed by atoms with Crippen LogP contribution < -0.4 is 20.7 Å². The monoisotopic (exact) mass is 522 g/mol. The first kappa shape index (κ1) is 27.4. The van der Waals surface area contributed by atoms with Gasteiger partial charge in [0.1, 0.15) is 35.9 Å². The molecule has 8 heteroatoms. The van der Waals surface area contributed by atoms with E-state index in [0.29, 0.717) is 62.3 Å². The molecule has 2 heterocycles. The molecule has 0 aliphatic rings. The summed E-state index contributed by atoms with van der Waals surface area (Å²) < 4.78 is 33.5. The number of hydrogen-bond donors (Lipinski definition) is 0. The minimum Gasteiger partial charge on any atom is -0.491 e. The van der Waals surface area contributed by atoms with E-state index in [-0.39, 0.29) is 11.3 Å². The van der Waals surface area contributed by atoms with Crippen molar-refractivity contribution in [1.29, 1.82) is 0 Å². The van der Waals surface area contributed by atoms with E-state index in [1.54, 1.807) is 24.3 Å². The average molecular weight is 523 g/mol. The summed E-state index contributed by atoms with van der Waals surface area (Å²) >= 11 is 0. The van der Waals surface area contributed by atoms with Crippen molar-refractivity contribution in [3.8, 4) is 11.5 Å². The van der Waals surface area contributed by atoms with Crippen molar-refractivity contribution >= 4 is 21.9 Å². The molecule has 0 amide bonds. The first-order valence-corrected chi connectivity index (χ1v) is 13.1. The molecule has 4 aromatic rings. The van der Waals surface area contributed by atoms with Gasteiger partial charge in [-0.15, -0.1) is 0 Å². The van der Waals surface area contributed by atoms with E-state index in [1.165, 1.54) is 12.1 Å². The van der Waals surface area contributed by atoms with Gasteiger partial charge in [-0.25, -0.2) is 9.59 Å². The second kappa shape index (κ2) is 13.8. The fourth-order valence-electron chi connectivity index (χ4n) is 4.33. The molecule has 8 nitrogen and oxygen atoms in total. The molecule has 38 heavy (non-hydrogen) atoms. The third-order valence-corrected chi connectivity index (χ3v) is 6.00. The van der Waals surface area contributed by atoms with Crippen LogP contribution in [0.5, 0.6) is 11.5 Å². The Bertz CT molecular complexity index is 1340. The Morgan fingerprint density at radius 2 is 1.00 bits per heavy atom. The van der Waals surface area contributed by atoms with Crippen molar-refractivity contribution in [3.63, 3.8) is 0 Å². The normalized spacial score (nSPS) is 11.3. The predicted molar refractivity (Wildman–Crippen MR) is 146 cm³/mol. The van der Waals surface area contributed by atoms with Crippen LogP contribution in [-0.2, 0) is 22.3 Å². The second-order valence-corrected chi connectivity index (χ2v) is 8.92. The first-order valence-electron chi connectivity index (χ1n) is 13.1. The molecule has 202 valence electrons. The van der Waals surface area contributed by atoms with Crippen LogP contribution in [0.3, 0.4) is 0 Å². The Kier molecular flexibility index (Phi) is 9.95. The maximum absolute atomic E-state index is 11.6. The molecule has 2 aromatic heterocycles. The molecule has 0 spiro atoms. The highest BCUT2D eigenvalue weighted by Crippen LogP contribution is 2.27. The number of ether oxygens (including phenoxy) is 4. The van der Waals surface area contributed by atoms with Crippen molar-refractivity contribution in [2.75, 3.05) is 39.6 Å². The molecule has 0 aliphatic heterocycles. The minimum absolute atomic E-state index is 0.370. The standard InChI is InChI=1S/C30H34O8/c1-3-5-21-17-23(19-27-25(21)7-9-29(31)37-27)35-15-13-33-11-12-34-14-16-36-24-18-22(6-4-2)26-8-10-30(32)38-28(26)20-24/h7-10,17-20H,3-6,11-16H2,1-2H3. The molecule has 0 N–H and O–H groups in total. The second-order valence-electron chi connectivity index (χ2n) is 8.92. The third-order valence-electron chi connectivity index (χ3n) is 6.00. The van der Waals surface area contributed by atoms with Crippen molar-refractivity contribution < 1.29 is 27.8 Å². The summed E-state index contributed by atoms with van der Waals surface area (Å²) in [5.41, 5.74) is 2.50. The van der Waals surface area contributed by atoms with Gasteiger partial charge in [-0.05, 0) is 48.2 Å². The molecule has 0 fully saturated rings. The highest BCUT2D eigenvalue weighted by molar-refractivity contribution is 5.82. The summed E-state index contributed by atoms with van der Waals surface area (Å²) in [6, 6.07) is 14.0. The minimum atomic E-state index is -0.377. The Balaban J connectivity index is 1.15. The number of hydrogen-bond acceptors (Lipinski definition) is 8. The molecule has 0 saturated heterocycles. The third kappa shape index (κ3) is 7.46. The Morgan fingerprint density at radius 3 is 1.42 bits per heavy atom. The van der Waals surface area contributed by atoms with E-state index in [4.69, 9.17) is 27.8 Å². The molecule has 0 radical (unpaired) electrons. The van der Waals surface area contributed by atoms with E-state index >= 15 is 0 Å². The predicted octanol–water partition coefficient (Wildman–Crippen LogP) is 5.30. The lowest BCUT2D eigenvalue weighted by atomic mass is 10.0. The smallest absolute Gasteiger partial charge is 0.336 e. The Morgan fingerprint density at radius 1 is 0.579 bits per heavy atom. The van der Waals surface area contributed by atoms with Gasteiger partial charge in [0.15, 0.2) is 0 Å². The molecule has 4 rings (SSSR count). The first-order chi connectivity index (χ1) is 18.6. The topological polar surface area (TPSA) is 97.3 Å². The van der Waals surface area contributed by atoms with Crippen LogP contribution in [0.25, 0.3) is 21.9 Å². The molecule has 0 unspecified atom stereocenters. The van der Waals surface area contributed by atoms with Crippen LogP contribution in [0.2, 0.25) is 0 Å². The van der Waals surface area contributed by atoms with Crippen molar-refractivity contribution in [2.45, 2.75) is 39.5 Å². The zero-order valence-electron chi connectivity index (χ0n) is 22.0. The van der Waals surface area contributed by atoms with Gasteiger partial charge in [0.05, 0.1) is 26.4 Å². The van der Waals surface area contributed by atoms with E-state index in [2.05, 4.69) is 13.8 Å². The number of aryl methyl sites for hydroxylation is 2. The van der Waals surface area contributed by atoms with E-state index in [9.17, 15) is 9.59 Å². The largest absolute Gasteiger partial charge is 0.491 e. The molecule has 2 aromatic carbocycles. The summed E-state index contributed by atoms with van der Waals surface area (Å²) in [4.78, 5) is 23.2. The zero-order valence-corrected chi connectivity index (χ0v) is 22.0. The van der Waals surface area contributed by atoms with Crippen LogP contribution >= 0.6 is 0 Å². The summed E-state index contributed by atoms with van der Waals surface area (Å²) in [6.07, 6.45) is 3.70. The number of benzene rings is 2. The molecule has 0 saturated carbocycles. The van der Waals surface area contributed by atoms with Crippen molar-refractivity contribution in [1.82, 2.24) is 0 Å². The maximum atomic E-state index is 11.6. The average Bonchev–Trinajstić information content (AvgIpc) is 2.89. The van der Waals surface area contributed by atoms with Gasteiger partial charge < -0.3 is 27.8 Å². The molecular formula is C30H34O8. The molecule has 0 aliphatic carbocycles. The number of rotatable bonds is 15. The van der Waals surface area contributed by atoms with E-state index < -0.39 is 0 Å². The lowest BCUT2D eigenvalue weighted by Crippen LogP contribution is -2.13. The lowest BCUT2D eigenvalue weighted by Gasteiger charge is -2.12. The van der Waals surface area contributed by atoms with Gasteiger partial charge in [0.2, 0.25) is 0 Å². The van der Waals surface area contributed by atoms with Crippen LogP contribution in [-0.4, -0.2) is 39.6 Å². The SMILES string of the molecule is CCCc1cc(OCCOCCOCCOc2cc(CCC)c3ccc(=O)oc3c2)cc2oc(=O)ccc12. The highest BCUT2D eigenvalue weighted by atomic mass is 16.6. The molecular weight excluding hydrogens is 488 g/mol. The summed E-state index contributed by atoms with van der Waals surface area (Å²) in [5, 5.41) is 1.87. The van der Waals surface area contributed by atoms with Crippen LogP contribution in [0, 0.1) is 0 Å². The zero-order chi connectivity index (χ0) is 26.7. The van der Waals surface area contributed by atoms with Crippen molar-refractivity contribution in [2.24, 2.45) is 0 Å². The maximum Gasteiger partial charge on any atom is 0.336 e. The van der Waals surface area contributed by atoms with Gasteiger partial charge in [-0.2, -0.15) is 0 Å². The van der Waals surface area contributed by atoms with Gasteiger partial charge in [-0.3, -0.25) is 0 Å². The fraction of sp³-hybridized carbons (Fsp3) is 0.400. The van der Waals surface area contributed by atoms with Gasteiger partial charge in [0.25, 0.3) is 0 Å². The molecule has 0 bridgehead atoms. The number of fused-ring (bicyclic) bond motifs is 2. The quantitative estimate of drug-likeness (QED) is 0.153. The van der Waals surface area contributed by atoms with Gasteiger partial charge >= 0.3 is 11.3 Å². The van der Waals surface area contributed by atoms with Crippen LogP contribution in [0.15, 0.2) is 67.0 Å². The van der Waals surface area contributed by atoms with E-state index in [0.717, 1.165) is 47.6 Å². The fourth-order valence-corrected chi connectivity index (χ4v) is 4.33. The highest BCUT2D eigenvalue weighted by Gasteiger charge is 2.09. The van der Waals surface area contributed by atoms with Gasteiger partial charge in [0, 0.05) is 35.0 Å². The van der Waals surface area contributed by atoms with Gasteiger partial charge in [-0.1, -0.05) is 26.7 Å². The summed E-state index contributed by atoms with van der Waals surface area (Å²) in [6.45, 7) is 6.62. The Hall–Kier alpha value is -3.62. The van der Waals surface area contributed by atoms with E-state index in [1.807, 2.05) is 12.1 Å². The Labute approximate surface area is 221 Å². The van der Waals surface area contributed by atoms with Crippen LogP contribution in [0.4, 0.5) is 0 Å². The molecule has 0 atom stereocenters. The van der Waals surface area contributed by atoms with Crippen molar-refractivity contribution in [3.05, 3.63) is 80.5 Å². The lowest BCUT2D eigenvalue weighted by molar-refractivity contribution is 0.0273.